The highest BCUT2D eigenvalue weighted by Crippen LogP contribution is 2.14. The van der Waals surface area contributed by atoms with Gasteiger partial charge in [0.1, 0.15) is 5.82 Å². The third-order valence-corrected chi connectivity index (χ3v) is 2.86. The lowest BCUT2D eigenvalue weighted by Crippen LogP contribution is -2.14. The van der Waals surface area contributed by atoms with Crippen molar-refractivity contribution in [3.05, 3.63) is 21.5 Å². The first-order valence-electron chi connectivity index (χ1n) is 4.20. The summed E-state index contributed by atoms with van der Waals surface area (Å²) >= 11 is 11.5. The molecule has 2 heterocycles. The Hall–Kier alpha value is -1.07. The first kappa shape index (κ1) is 10.4. The molecule has 7 heteroatoms. The molecule has 0 bridgehead atoms. The van der Waals surface area contributed by atoms with Crippen molar-refractivity contribution in [2.24, 2.45) is 14.1 Å². The van der Waals surface area contributed by atoms with Crippen LogP contribution in [-0.2, 0) is 20.0 Å². The number of aromatic nitrogens is 4. The summed E-state index contributed by atoms with van der Waals surface area (Å²) in [5.74, 6) is 0.853. The van der Waals surface area contributed by atoms with E-state index in [9.17, 15) is 4.79 Å². The molecule has 0 atom stereocenters. The highest BCUT2D eigenvalue weighted by Gasteiger charge is 2.14. The largest absolute Gasteiger partial charge is 0.324 e. The molecule has 0 aliphatic heterocycles. The van der Waals surface area contributed by atoms with Gasteiger partial charge in [0.2, 0.25) is 5.28 Å². The van der Waals surface area contributed by atoms with Crippen molar-refractivity contribution in [3.63, 3.8) is 0 Å². The Morgan fingerprint density at radius 3 is 2.53 bits per heavy atom. The summed E-state index contributed by atoms with van der Waals surface area (Å²) in [5, 5.41) is 0.117. The molecule has 0 saturated carbocycles. The number of hydrogen-bond donors (Lipinski definition) is 0. The second kappa shape index (κ2) is 3.50. The third kappa shape index (κ3) is 1.42. The summed E-state index contributed by atoms with van der Waals surface area (Å²) in [5.41, 5.74) is 0.523. The SMILES string of the molecule is Cn1c(Cl)nc(=O)c2c1nc(CCl)n2C. The second-order valence-electron chi connectivity index (χ2n) is 3.14. The van der Waals surface area contributed by atoms with Gasteiger partial charge in [-0.3, -0.25) is 4.79 Å². The van der Waals surface area contributed by atoms with Crippen molar-refractivity contribution in [2.75, 3.05) is 0 Å². The standard InChI is InChI=1S/C8H8Cl2N4O/c1-13-4(3-9)11-6-5(13)7(15)12-8(10)14(6)2/h3H2,1-2H3. The lowest BCUT2D eigenvalue weighted by atomic mass is 10.5. The predicted molar refractivity (Wildman–Crippen MR) is 58.3 cm³/mol. The van der Waals surface area contributed by atoms with Crippen LogP contribution in [0.2, 0.25) is 5.28 Å². The molecule has 0 N–H and O–H groups in total. The molecule has 2 rings (SSSR count). The van der Waals surface area contributed by atoms with E-state index >= 15 is 0 Å². The van der Waals surface area contributed by atoms with Crippen LogP contribution in [0, 0.1) is 0 Å². The van der Waals surface area contributed by atoms with Gasteiger partial charge in [-0.15, -0.1) is 11.6 Å². The van der Waals surface area contributed by atoms with Gasteiger partial charge in [-0.1, -0.05) is 0 Å². The Kier molecular flexibility index (Phi) is 2.44. The quantitative estimate of drug-likeness (QED) is 0.559. The lowest BCUT2D eigenvalue weighted by molar-refractivity contribution is 0.867. The van der Waals surface area contributed by atoms with Gasteiger partial charge in [0.05, 0.1) is 5.88 Å². The van der Waals surface area contributed by atoms with Crippen LogP contribution >= 0.6 is 23.2 Å². The number of halogens is 2. The lowest BCUT2D eigenvalue weighted by Gasteiger charge is -2.01. The van der Waals surface area contributed by atoms with E-state index < -0.39 is 0 Å². The average molecular weight is 247 g/mol. The van der Waals surface area contributed by atoms with Crippen LogP contribution in [0.5, 0.6) is 0 Å². The van der Waals surface area contributed by atoms with Gasteiger partial charge in [0.25, 0.3) is 5.56 Å². The van der Waals surface area contributed by atoms with Gasteiger partial charge >= 0.3 is 0 Å². The first-order chi connectivity index (χ1) is 7.06. The zero-order chi connectivity index (χ0) is 11.2. The minimum atomic E-state index is -0.389. The normalized spacial score (nSPS) is 11.2. The zero-order valence-corrected chi connectivity index (χ0v) is 9.67. The molecule has 0 saturated heterocycles. The van der Waals surface area contributed by atoms with E-state index in [4.69, 9.17) is 23.2 Å². The Morgan fingerprint density at radius 1 is 1.27 bits per heavy atom. The van der Waals surface area contributed by atoms with Crippen molar-refractivity contribution in [2.45, 2.75) is 5.88 Å². The van der Waals surface area contributed by atoms with Crippen molar-refractivity contribution in [1.82, 2.24) is 19.1 Å². The fourth-order valence-corrected chi connectivity index (χ4v) is 1.82. The summed E-state index contributed by atoms with van der Waals surface area (Å²) in [6.45, 7) is 0. The van der Waals surface area contributed by atoms with Crippen LogP contribution in [-0.4, -0.2) is 19.1 Å². The van der Waals surface area contributed by atoms with Gasteiger partial charge in [0, 0.05) is 14.1 Å². The fourth-order valence-electron chi connectivity index (χ4n) is 1.42. The van der Waals surface area contributed by atoms with Gasteiger partial charge < -0.3 is 9.13 Å². The van der Waals surface area contributed by atoms with E-state index in [1.807, 2.05) is 0 Å². The predicted octanol–water partition coefficient (Wildman–Crippen LogP) is 1.06. The molecule has 15 heavy (non-hydrogen) atoms. The monoisotopic (exact) mass is 246 g/mol. The van der Waals surface area contributed by atoms with Gasteiger partial charge in [-0.2, -0.15) is 4.98 Å². The van der Waals surface area contributed by atoms with E-state index in [2.05, 4.69) is 9.97 Å². The first-order valence-corrected chi connectivity index (χ1v) is 5.11. The number of fused-ring (bicyclic) bond motifs is 1. The number of rotatable bonds is 1. The van der Waals surface area contributed by atoms with Crippen LogP contribution < -0.4 is 5.56 Å². The Morgan fingerprint density at radius 2 is 1.93 bits per heavy atom. The van der Waals surface area contributed by atoms with E-state index in [1.165, 1.54) is 0 Å². The van der Waals surface area contributed by atoms with E-state index in [-0.39, 0.29) is 16.7 Å². The molecule has 2 aromatic rings. The highest BCUT2D eigenvalue weighted by molar-refractivity contribution is 6.28. The molecular weight excluding hydrogens is 239 g/mol. The zero-order valence-electron chi connectivity index (χ0n) is 8.16. The molecule has 2 aromatic heterocycles. The maximum Gasteiger partial charge on any atom is 0.300 e. The third-order valence-electron chi connectivity index (χ3n) is 2.28. The van der Waals surface area contributed by atoms with Crippen LogP contribution in [0.15, 0.2) is 4.79 Å². The highest BCUT2D eigenvalue weighted by atomic mass is 35.5. The number of imidazole rings is 1. The molecular formula is C8H8Cl2N4O. The molecule has 0 aliphatic carbocycles. The maximum atomic E-state index is 11.6. The van der Waals surface area contributed by atoms with Crippen molar-refractivity contribution < 1.29 is 0 Å². The summed E-state index contributed by atoms with van der Waals surface area (Å²) in [7, 11) is 3.42. The summed E-state index contributed by atoms with van der Waals surface area (Å²) in [6, 6.07) is 0. The van der Waals surface area contributed by atoms with Crippen molar-refractivity contribution in [1.29, 1.82) is 0 Å². The molecule has 0 unspecified atom stereocenters. The van der Waals surface area contributed by atoms with Crippen LogP contribution in [0.25, 0.3) is 11.2 Å². The molecule has 5 nitrogen and oxygen atoms in total. The van der Waals surface area contributed by atoms with Crippen molar-refractivity contribution >= 4 is 34.4 Å². The average Bonchev–Trinajstić information content (AvgIpc) is 2.53. The molecule has 0 aliphatic rings. The van der Waals surface area contributed by atoms with Gasteiger partial charge in [-0.25, -0.2) is 4.98 Å². The molecule has 0 fully saturated rings. The minimum Gasteiger partial charge on any atom is -0.324 e. The summed E-state index contributed by atoms with van der Waals surface area (Å²) in [4.78, 5) is 19.5. The summed E-state index contributed by atoms with van der Waals surface area (Å²) in [6.07, 6.45) is 0. The Bertz CT molecular complexity index is 586. The molecule has 0 amide bonds. The van der Waals surface area contributed by atoms with Crippen LogP contribution in [0.1, 0.15) is 5.82 Å². The molecule has 0 aromatic carbocycles. The molecule has 80 valence electrons. The smallest absolute Gasteiger partial charge is 0.300 e. The van der Waals surface area contributed by atoms with Crippen molar-refractivity contribution in [3.8, 4) is 0 Å². The Balaban J connectivity index is 3.00. The van der Waals surface area contributed by atoms with Gasteiger partial charge in [0.15, 0.2) is 11.2 Å². The van der Waals surface area contributed by atoms with E-state index in [0.717, 1.165) is 0 Å². The number of nitrogens with zero attached hydrogens (tertiary/aromatic N) is 4. The van der Waals surface area contributed by atoms with E-state index in [0.29, 0.717) is 17.0 Å². The number of hydrogen-bond acceptors (Lipinski definition) is 3. The van der Waals surface area contributed by atoms with Crippen LogP contribution in [0.3, 0.4) is 0 Å². The molecule has 0 radical (unpaired) electrons. The Labute approximate surface area is 95.3 Å². The maximum absolute atomic E-state index is 11.6. The molecule has 0 spiro atoms. The fraction of sp³-hybridized carbons (Fsp3) is 0.375. The minimum absolute atomic E-state index is 0.117. The topological polar surface area (TPSA) is 52.7 Å². The number of alkyl halides is 1. The van der Waals surface area contributed by atoms with E-state index in [1.54, 1.807) is 23.2 Å². The van der Waals surface area contributed by atoms with Gasteiger partial charge in [-0.05, 0) is 11.6 Å². The summed E-state index contributed by atoms with van der Waals surface area (Å²) < 4.78 is 3.18. The number of aryl methyl sites for hydroxylation is 2. The van der Waals surface area contributed by atoms with Crippen LogP contribution in [0.4, 0.5) is 0 Å². The second-order valence-corrected chi connectivity index (χ2v) is 3.74.